The molecule has 1 aliphatic heterocycles. The number of methoxy groups -OCH3 is 1. The zero-order valence-corrected chi connectivity index (χ0v) is 15.6. The molecule has 0 bridgehead atoms. The third-order valence-corrected chi connectivity index (χ3v) is 4.94. The fourth-order valence-corrected chi connectivity index (χ4v) is 3.58. The third-order valence-electron chi connectivity index (χ3n) is 4.71. The zero-order chi connectivity index (χ0) is 18.8. The van der Waals surface area contributed by atoms with Crippen molar-refractivity contribution in [3.8, 4) is 5.75 Å². The van der Waals surface area contributed by atoms with Gasteiger partial charge >= 0.3 is 0 Å². The van der Waals surface area contributed by atoms with Crippen LogP contribution in [0.5, 0.6) is 5.75 Å². The number of amides is 1. The molecule has 1 heterocycles. The molecule has 0 unspecified atom stereocenters. The number of fused-ring (bicyclic) bond motifs is 1. The first-order valence-electron chi connectivity index (χ1n) is 8.71. The third kappa shape index (κ3) is 3.36. The van der Waals surface area contributed by atoms with Gasteiger partial charge in [-0.05, 0) is 29.8 Å². The Morgan fingerprint density at radius 1 is 1.04 bits per heavy atom. The van der Waals surface area contributed by atoms with E-state index in [1.807, 2.05) is 71.6 Å². The van der Waals surface area contributed by atoms with Gasteiger partial charge in [0.2, 0.25) is 0 Å². The van der Waals surface area contributed by atoms with Crippen LogP contribution in [-0.4, -0.2) is 17.9 Å². The summed E-state index contributed by atoms with van der Waals surface area (Å²) in [5.74, 6) is 0.684. The van der Waals surface area contributed by atoms with Gasteiger partial charge in [-0.1, -0.05) is 60.1 Å². The number of halogens is 1. The van der Waals surface area contributed by atoms with E-state index in [-0.39, 0.29) is 12.1 Å². The average molecular weight is 379 g/mol. The van der Waals surface area contributed by atoms with Gasteiger partial charge in [-0.25, -0.2) is 0 Å². The maximum atomic E-state index is 13.1. The van der Waals surface area contributed by atoms with Gasteiger partial charge in [-0.3, -0.25) is 4.79 Å². The number of nitrogens with one attached hydrogen (secondary N) is 1. The second-order valence-corrected chi connectivity index (χ2v) is 6.83. The summed E-state index contributed by atoms with van der Waals surface area (Å²) in [6.07, 6.45) is -0.304. The summed E-state index contributed by atoms with van der Waals surface area (Å²) in [6, 6.07) is 23.1. The van der Waals surface area contributed by atoms with Gasteiger partial charge in [-0.15, -0.1) is 0 Å². The number of carbonyl (C=O) groups excluding carboxylic acids is 1. The van der Waals surface area contributed by atoms with Crippen molar-refractivity contribution in [3.63, 3.8) is 0 Å². The fraction of sp³-hybridized carbons (Fsp3) is 0.136. The van der Waals surface area contributed by atoms with Crippen LogP contribution < -0.4 is 10.1 Å². The van der Waals surface area contributed by atoms with Crippen LogP contribution in [0, 0.1) is 0 Å². The lowest BCUT2D eigenvalue weighted by atomic mass is 10.1. The molecule has 136 valence electrons. The summed E-state index contributed by atoms with van der Waals surface area (Å²) < 4.78 is 5.45. The summed E-state index contributed by atoms with van der Waals surface area (Å²) in [7, 11) is 1.61. The lowest BCUT2D eigenvalue weighted by Crippen LogP contribution is -2.32. The summed E-state index contributed by atoms with van der Waals surface area (Å²) in [5, 5.41) is 4.06. The largest absolute Gasteiger partial charge is 0.495 e. The number of hydrogen-bond donors (Lipinski definition) is 1. The molecule has 0 spiro atoms. The first-order chi connectivity index (χ1) is 13.2. The van der Waals surface area contributed by atoms with Crippen molar-refractivity contribution in [3.05, 3.63) is 94.5 Å². The molecule has 0 fully saturated rings. The molecule has 1 N–H and O–H groups in total. The number of ether oxygens (including phenoxy) is 1. The number of carbonyl (C=O) groups is 1. The molecule has 27 heavy (non-hydrogen) atoms. The lowest BCUT2D eigenvalue weighted by molar-refractivity contribution is 0.0728. The number of nitrogens with zero attached hydrogens (tertiary/aromatic N) is 1. The van der Waals surface area contributed by atoms with E-state index >= 15 is 0 Å². The highest BCUT2D eigenvalue weighted by molar-refractivity contribution is 6.30. The first kappa shape index (κ1) is 17.4. The van der Waals surface area contributed by atoms with Gasteiger partial charge in [0.1, 0.15) is 11.9 Å². The van der Waals surface area contributed by atoms with Crippen molar-refractivity contribution in [2.24, 2.45) is 0 Å². The number of rotatable bonds is 5. The Morgan fingerprint density at radius 3 is 2.56 bits per heavy atom. The molecule has 4 rings (SSSR count). The Kier molecular flexibility index (Phi) is 4.73. The smallest absolute Gasteiger partial charge is 0.256 e. The fourth-order valence-electron chi connectivity index (χ4n) is 3.41. The standard InChI is InChI=1S/C22H19ClN2O2/c1-27-20-12-11-16(23)13-19(20)24-21-17-9-5-6-10-18(17)22(26)25(21)14-15-7-3-2-4-8-15/h2-13,21,24H,14H2,1H3/t21-/m0/s1. The molecule has 1 aliphatic rings. The van der Waals surface area contributed by atoms with E-state index in [4.69, 9.17) is 16.3 Å². The molecule has 0 radical (unpaired) electrons. The van der Waals surface area contributed by atoms with Crippen LogP contribution in [0.2, 0.25) is 5.02 Å². The SMILES string of the molecule is COc1ccc(Cl)cc1N[C@@H]1c2ccccc2C(=O)N1Cc1ccccc1. The minimum absolute atomic E-state index is 0.00736. The number of anilines is 1. The van der Waals surface area contributed by atoms with Crippen molar-refractivity contribution >= 4 is 23.2 Å². The second kappa shape index (κ2) is 7.33. The predicted octanol–water partition coefficient (Wildman–Crippen LogP) is 5.12. The van der Waals surface area contributed by atoms with Crippen molar-refractivity contribution in [2.45, 2.75) is 12.7 Å². The van der Waals surface area contributed by atoms with E-state index in [0.717, 1.165) is 16.8 Å². The van der Waals surface area contributed by atoms with Gasteiger partial charge in [0.25, 0.3) is 5.91 Å². The van der Waals surface area contributed by atoms with Crippen LogP contribution in [0.1, 0.15) is 27.7 Å². The molecule has 5 heteroatoms. The molecule has 3 aromatic carbocycles. The van der Waals surface area contributed by atoms with E-state index in [2.05, 4.69) is 5.32 Å². The molecule has 0 saturated carbocycles. The van der Waals surface area contributed by atoms with Gasteiger partial charge in [0.05, 0.1) is 12.8 Å². The molecular weight excluding hydrogens is 360 g/mol. The first-order valence-corrected chi connectivity index (χ1v) is 9.09. The topological polar surface area (TPSA) is 41.6 Å². The van der Waals surface area contributed by atoms with Gasteiger partial charge in [-0.2, -0.15) is 0 Å². The van der Waals surface area contributed by atoms with E-state index in [0.29, 0.717) is 22.9 Å². The molecule has 1 atom stereocenters. The maximum absolute atomic E-state index is 13.1. The number of benzene rings is 3. The summed E-state index contributed by atoms with van der Waals surface area (Å²) in [5.41, 5.74) is 3.48. The van der Waals surface area contributed by atoms with E-state index < -0.39 is 0 Å². The van der Waals surface area contributed by atoms with Gasteiger partial charge in [0, 0.05) is 22.7 Å². The predicted molar refractivity (Wildman–Crippen MR) is 107 cm³/mol. The summed E-state index contributed by atoms with van der Waals surface area (Å²) >= 11 is 6.18. The lowest BCUT2D eigenvalue weighted by Gasteiger charge is -2.28. The average Bonchev–Trinajstić information content (AvgIpc) is 2.95. The Bertz CT molecular complexity index is 975. The van der Waals surface area contributed by atoms with Crippen LogP contribution in [-0.2, 0) is 6.54 Å². The summed E-state index contributed by atoms with van der Waals surface area (Å²) in [6.45, 7) is 0.509. The Hall–Kier alpha value is -2.98. The number of hydrogen-bond acceptors (Lipinski definition) is 3. The molecule has 0 saturated heterocycles. The highest BCUT2D eigenvalue weighted by Crippen LogP contribution is 2.38. The van der Waals surface area contributed by atoms with Crippen LogP contribution in [0.25, 0.3) is 0 Å². The quantitative estimate of drug-likeness (QED) is 0.670. The minimum atomic E-state index is -0.304. The molecule has 4 nitrogen and oxygen atoms in total. The minimum Gasteiger partial charge on any atom is -0.495 e. The Labute approximate surface area is 163 Å². The van der Waals surface area contributed by atoms with E-state index in [1.54, 1.807) is 13.2 Å². The Balaban J connectivity index is 1.73. The van der Waals surface area contributed by atoms with E-state index in [1.165, 1.54) is 0 Å². The monoisotopic (exact) mass is 378 g/mol. The molecule has 0 aromatic heterocycles. The van der Waals surface area contributed by atoms with Crippen LogP contribution in [0.3, 0.4) is 0 Å². The molecular formula is C22H19ClN2O2. The molecule has 0 aliphatic carbocycles. The molecule has 3 aromatic rings. The summed E-state index contributed by atoms with van der Waals surface area (Å²) in [4.78, 5) is 14.9. The second-order valence-electron chi connectivity index (χ2n) is 6.40. The van der Waals surface area contributed by atoms with Crippen molar-refractivity contribution in [1.29, 1.82) is 0 Å². The van der Waals surface area contributed by atoms with Crippen LogP contribution in [0.4, 0.5) is 5.69 Å². The highest BCUT2D eigenvalue weighted by atomic mass is 35.5. The zero-order valence-electron chi connectivity index (χ0n) is 14.9. The van der Waals surface area contributed by atoms with Gasteiger partial charge in [0.15, 0.2) is 0 Å². The normalized spacial score (nSPS) is 15.6. The van der Waals surface area contributed by atoms with Crippen molar-refractivity contribution < 1.29 is 9.53 Å². The van der Waals surface area contributed by atoms with Gasteiger partial charge < -0.3 is 15.0 Å². The van der Waals surface area contributed by atoms with Crippen LogP contribution in [0.15, 0.2) is 72.8 Å². The maximum Gasteiger partial charge on any atom is 0.256 e. The van der Waals surface area contributed by atoms with Crippen LogP contribution >= 0.6 is 11.6 Å². The van der Waals surface area contributed by atoms with Crippen molar-refractivity contribution in [1.82, 2.24) is 4.90 Å². The van der Waals surface area contributed by atoms with E-state index in [9.17, 15) is 4.79 Å². The highest BCUT2D eigenvalue weighted by Gasteiger charge is 2.36. The molecule has 1 amide bonds. The Morgan fingerprint density at radius 2 is 1.78 bits per heavy atom. The van der Waals surface area contributed by atoms with Crippen molar-refractivity contribution in [2.75, 3.05) is 12.4 Å².